The fourth-order valence-corrected chi connectivity index (χ4v) is 2.68. The van der Waals surface area contributed by atoms with Gasteiger partial charge in [0.2, 0.25) is 11.8 Å². The number of aromatic nitrogens is 1. The van der Waals surface area contributed by atoms with Crippen LogP contribution in [0.15, 0.2) is 42.6 Å². The molecule has 0 radical (unpaired) electrons. The molecule has 9 heteroatoms. The van der Waals surface area contributed by atoms with Crippen LogP contribution in [0.5, 0.6) is 0 Å². The number of amides is 3. The predicted octanol–water partition coefficient (Wildman–Crippen LogP) is 2.57. The van der Waals surface area contributed by atoms with Crippen molar-refractivity contribution < 1.29 is 23.9 Å². The summed E-state index contributed by atoms with van der Waals surface area (Å²) < 4.78 is 5.15. The molecule has 1 atom stereocenters. The van der Waals surface area contributed by atoms with Gasteiger partial charge >= 0.3 is 5.97 Å². The van der Waals surface area contributed by atoms with Gasteiger partial charge < -0.3 is 10.1 Å². The Balaban J connectivity index is 1.60. The lowest BCUT2D eigenvalue weighted by Crippen LogP contribution is -2.30. The normalized spacial score (nSPS) is 14.7. The summed E-state index contributed by atoms with van der Waals surface area (Å²) in [7, 11) is 0. The van der Waals surface area contributed by atoms with Gasteiger partial charge in [-0.15, -0.1) is 0 Å². The van der Waals surface area contributed by atoms with E-state index in [9.17, 15) is 19.2 Å². The molecule has 8 nitrogen and oxygen atoms in total. The van der Waals surface area contributed by atoms with Crippen molar-refractivity contribution in [3.63, 3.8) is 0 Å². The Hall–Kier alpha value is -3.26. The summed E-state index contributed by atoms with van der Waals surface area (Å²) in [6.45, 7) is 1.43. The molecular weight excluding hydrogens is 386 g/mol. The van der Waals surface area contributed by atoms with E-state index in [1.54, 1.807) is 6.07 Å². The van der Waals surface area contributed by atoms with Crippen LogP contribution in [0.4, 0.5) is 11.5 Å². The second-order valence-electron chi connectivity index (χ2n) is 6.07. The molecule has 1 aliphatic rings. The summed E-state index contributed by atoms with van der Waals surface area (Å²) in [5.41, 5.74) is 0.579. The van der Waals surface area contributed by atoms with Gasteiger partial charge in [-0.05, 0) is 43.3 Å². The number of halogens is 1. The molecule has 3 rings (SSSR count). The Bertz CT molecular complexity index is 912. The fraction of sp³-hybridized carbons (Fsp3) is 0.211. The van der Waals surface area contributed by atoms with Crippen molar-refractivity contribution in [1.82, 2.24) is 4.98 Å². The number of pyridine rings is 1. The molecule has 28 heavy (non-hydrogen) atoms. The Morgan fingerprint density at radius 3 is 2.32 bits per heavy atom. The second-order valence-corrected chi connectivity index (χ2v) is 6.50. The monoisotopic (exact) mass is 401 g/mol. The molecule has 1 fully saturated rings. The lowest BCUT2D eigenvalue weighted by Gasteiger charge is -2.15. The topological polar surface area (TPSA) is 106 Å². The fourth-order valence-electron chi connectivity index (χ4n) is 2.57. The number of hydrogen-bond acceptors (Lipinski definition) is 6. The summed E-state index contributed by atoms with van der Waals surface area (Å²) in [5.74, 6) is -1.53. The Morgan fingerprint density at radius 2 is 1.75 bits per heavy atom. The number of nitrogens with one attached hydrogen (secondary N) is 1. The van der Waals surface area contributed by atoms with Crippen LogP contribution in [-0.2, 0) is 19.1 Å². The highest BCUT2D eigenvalue weighted by molar-refractivity contribution is 6.30. The maximum atomic E-state index is 12.2. The molecule has 1 aliphatic heterocycles. The van der Waals surface area contributed by atoms with E-state index in [1.165, 1.54) is 43.5 Å². The Morgan fingerprint density at radius 1 is 1.11 bits per heavy atom. The van der Waals surface area contributed by atoms with Crippen LogP contribution in [0.2, 0.25) is 5.02 Å². The van der Waals surface area contributed by atoms with E-state index >= 15 is 0 Å². The van der Waals surface area contributed by atoms with E-state index < -0.39 is 18.0 Å². The third-order valence-electron chi connectivity index (χ3n) is 4.04. The van der Waals surface area contributed by atoms with E-state index in [0.717, 1.165) is 4.90 Å². The van der Waals surface area contributed by atoms with Crippen molar-refractivity contribution in [2.24, 2.45) is 0 Å². The van der Waals surface area contributed by atoms with E-state index in [2.05, 4.69) is 10.3 Å². The molecule has 0 bridgehead atoms. The summed E-state index contributed by atoms with van der Waals surface area (Å²) >= 11 is 5.73. The minimum Gasteiger partial charge on any atom is -0.449 e. The molecule has 1 N–H and O–H groups in total. The number of rotatable bonds is 5. The predicted molar refractivity (Wildman–Crippen MR) is 101 cm³/mol. The smallest absolute Gasteiger partial charge is 0.338 e. The maximum absolute atomic E-state index is 12.2. The van der Waals surface area contributed by atoms with Crippen LogP contribution in [0.3, 0.4) is 0 Å². The van der Waals surface area contributed by atoms with Crippen molar-refractivity contribution in [3.8, 4) is 0 Å². The lowest BCUT2D eigenvalue weighted by atomic mass is 10.2. The van der Waals surface area contributed by atoms with Crippen molar-refractivity contribution in [1.29, 1.82) is 0 Å². The Kier molecular flexibility index (Phi) is 5.70. The van der Waals surface area contributed by atoms with Crippen LogP contribution in [0, 0.1) is 0 Å². The summed E-state index contributed by atoms with van der Waals surface area (Å²) in [5, 5.41) is 2.94. The average Bonchev–Trinajstić information content (AvgIpc) is 3.02. The van der Waals surface area contributed by atoms with Crippen LogP contribution in [-0.4, -0.2) is 34.8 Å². The first-order valence-electron chi connectivity index (χ1n) is 8.44. The van der Waals surface area contributed by atoms with E-state index in [1.807, 2.05) is 0 Å². The van der Waals surface area contributed by atoms with Gasteiger partial charge in [0.25, 0.3) is 5.91 Å². The maximum Gasteiger partial charge on any atom is 0.338 e. The number of carbonyl (C=O) groups excluding carboxylic acids is 4. The number of anilines is 2. The number of nitrogens with zero attached hydrogens (tertiary/aromatic N) is 2. The second kappa shape index (κ2) is 8.18. The SMILES string of the molecule is CC(OC(=O)c1ccc(N2C(=O)CCC2=O)cc1)C(=O)Nc1ccc(Cl)cn1. The molecule has 1 aromatic carbocycles. The Labute approximate surface area is 165 Å². The molecule has 144 valence electrons. The minimum atomic E-state index is -1.06. The van der Waals surface area contributed by atoms with Gasteiger partial charge in [0.15, 0.2) is 6.10 Å². The average molecular weight is 402 g/mol. The molecule has 3 amide bonds. The molecule has 2 aromatic rings. The van der Waals surface area contributed by atoms with Crippen LogP contribution < -0.4 is 10.2 Å². The number of imide groups is 1. The van der Waals surface area contributed by atoms with Gasteiger partial charge in [0.1, 0.15) is 5.82 Å². The first kappa shape index (κ1) is 19.5. The third-order valence-corrected chi connectivity index (χ3v) is 4.27. The first-order chi connectivity index (χ1) is 13.3. The highest BCUT2D eigenvalue weighted by Gasteiger charge is 2.30. The summed E-state index contributed by atoms with van der Waals surface area (Å²) in [6.07, 6.45) is 0.673. The number of esters is 1. The largest absolute Gasteiger partial charge is 0.449 e. The van der Waals surface area contributed by atoms with Gasteiger partial charge in [0.05, 0.1) is 16.3 Å². The van der Waals surface area contributed by atoms with E-state index in [-0.39, 0.29) is 36.0 Å². The standard InChI is InChI=1S/C19H16ClN3O5/c1-11(18(26)22-15-7-4-13(20)10-21-15)28-19(27)12-2-5-14(6-3-12)23-16(24)8-9-17(23)25/h2-7,10-11H,8-9H2,1H3,(H,21,22,26). The highest BCUT2D eigenvalue weighted by Crippen LogP contribution is 2.23. The highest BCUT2D eigenvalue weighted by atomic mass is 35.5. The van der Waals surface area contributed by atoms with Gasteiger partial charge in [-0.1, -0.05) is 11.6 Å². The molecule has 2 heterocycles. The number of ether oxygens (including phenoxy) is 1. The molecule has 0 spiro atoms. The van der Waals surface area contributed by atoms with Crippen molar-refractivity contribution in [2.45, 2.75) is 25.9 Å². The van der Waals surface area contributed by atoms with Crippen LogP contribution in [0.25, 0.3) is 0 Å². The number of benzene rings is 1. The number of carbonyl (C=O) groups is 4. The van der Waals surface area contributed by atoms with Crippen molar-refractivity contribution >= 4 is 46.8 Å². The molecule has 1 saturated heterocycles. The van der Waals surface area contributed by atoms with Gasteiger partial charge in [-0.25, -0.2) is 9.78 Å². The lowest BCUT2D eigenvalue weighted by molar-refractivity contribution is -0.124. The van der Waals surface area contributed by atoms with Crippen molar-refractivity contribution in [2.75, 3.05) is 10.2 Å². The van der Waals surface area contributed by atoms with E-state index in [4.69, 9.17) is 16.3 Å². The quantitative estimate of drug-likeness (QED) is 0.609. The molecular formula is C19H16ClN3O5. The third kappa shape index (κ3) is 4.34. The van der Waals surface area contributed by atoms with Crippen molar-refractivity contribution in [3.05, 3.63) is 53.2 Å². The zero-order valence-corrected chi connectivity index (χ0v) is 15.6. The zero-order chi connectivity index (χ0) is 20.3. The summed E-state index contributed by atoms with van der Waals surface area (Å²) in [6, 6.07) is 8.93. The number of hydrogen-bond donors (Lipinski definition) is 1. The van der Waals surface area contributed by atoms with Gasteiger partial charge in [-0.2, -0.15) is 0 Å². The minimum absolute atomic E-state index is 0.178. The van der Waals surface area contributed by atoms with Crippen LogP contribution in [0.1, 0.15) is 30.1 Å². The van der Waals surface area contributed by atoms with Crippen LogP contribution >= 0.6 is 11.6 Å². The van der Waals surface area contributed by atoms with Gasteiger partial charge in [-0.3, -0.25) is 19.3 Å². The molecule has 0 aliphatic carbocycles. The first-order valence-corrected chi connectivity index (χ1v) is 8.82. The van der Waals surface area contributed by atoms with E-state index in [0.29, 0.717) is 10.7 Å². The van der Waals surface area contributed by atoms with Gasteiger partial charge in [0, 0.05) is 19.0 Å². The zero-order valence-electron chi connectivity index (χ0n) is 14.8. The molecule has 0 saturated carbocycles. The molecule has 1 aromatic heterocycles. The molecule has 1 unspecified atom stereocenters. The summed E-state index contributed by atoms with van der Waals surface area (Å²) in [4.78, 5) is 52.9.